The molecule has 0 unspecified atom stereocenters. The number of nitrogens with zero attached hydrogens (tertiary/aromatic N) is 1. The summed E-state index contributed by atoms with van der Waals surface area (Å²) in [6.45, 7) is -0.0642. The normalized spacial score (nSPS) is 14.0. The summed E-state index contributed by atoms with van der Waals surface area (Å²) in [5.74, 6) is -1.32. The van der Waals surface area contributed by atoms with Crippen molar-refractivity contribution in [1.82, 2.24) is 10.2 Å². The first-order valence-corrected chi connectivity index (χ1v) is 6.08. The molecule has 0 saturated heterocycles. The van der Waals surface area contributed by atoms with Crippen LogP contribution in [-0.2, 0) is 4.79 Å². The molecule has 2 amide bonds. The van der Waals surface area contributed by atoms with Crippen LogP contribution < -0.4 is 11.1 Å². The predicted molar refractivity (Wildman–Crippen MR) is 68.9 cm³/mol. The minimum absolute atomic E-state index is 0.0642. The number of carbonyl (C=O) groups excluding carboxylic acids is 2. The van der Waals surface area contributed by atoms with Crippen LogP contribution in [0.3, 0.4) is 0 Å². The van der Waals surface area contributed by atoms with Gasteiger partial charge >= 0.3 is 0 Å². The molecule has 1 fully saturated rings. The van der Waals surface area contributed by atoms with Gasteiger partial charge in [0.05, 0.1) is 17.8 Å². The number of hydrogen-bond donors (Lipinski definition) is 2. The highest BCUT2D eigenvalue weighted by Crippen LogP contribution is 2.19. The number of nitrogens with one attached hydrogen (secondary N) is 1. The van der Waals surface area contributed by atoms with E-state index >= 15 is 0 Å². The Kier molecular flexibility index (Phi) is 3.69. The first kappa shape index (κ1) is 13.3. The highest BCUT2D eigenvalue weighted by molar-refractivity contribution is 6.00. The molecule has 102 valence electrons. The van der Waals surface area contributed by atoms with Crippen molar-refractivity contribution in [2.75, 3.05) is 19.3 Å². The summed E-state index contributed by atoms with van der Waals surface area (Å²) in [5.41, 5.74) is 5.40. The summed E-state index contributed by atoms with van der Waals surface area (Å²) >= 11 is 0. The number of benzene rings is 1. The van der Waals surface area contributed by atoms with E-state index in [0.29, 0.717) is 0 Å². The number of nitrogen functional groups attached to an aromatic ring is 1. The zero-order chi connectivity index (χ0) is 14.0. The lowest BCUT2D eigenvalue weighted by Crippen LogP contribution is -2.39. The van der Waals surface area contributed by atoms with Crippen molar-refractivity contribution in [3.8, 4) is 0 Å². The van der Waals surface area contributed by atoms with Crippen molar-refractivity contribution in [3.05, 3.63) is 29.6 Å². The van der Waals surface area contributed by atoms with Crippen molar-refractivity contribution in [2.45, 2.75) is 18.9 Å². The number of hydrogen-bond acceptors (Lipinski definition) is 3. The molecule has 0 aromatic heterocycles. The Labute approximate surface area is 110 Å². The molecule has 2 rings (SSSR count). The van der Waals surface area contributed by atoms with Gasteiger partial charge in [-0.1, -0.05) is 6.07 Å². The summed E-state index contributed by atoms with van der Waals surface area (Å²) in [7, 11) is 1.49. The Morgan fingerprint density at radius 3 is 2.79 bits per heavy atom. The quantitative estimate of drug-likeness (QED) is 0.789. The Hall–Kier alpha value is -2.11. The minimum Gasteiger partial charge on any atom is -0.396 e. The summed E-state index contributed by atoms with van der Waals surface area (Å²) in [6.07, 6.45) is 1.97. The molecule has 1 aromatic carbocycles. The minimum atomic E-state index is -0.637. The van der Waals surface area contributed by atoms with Crippen molar-refractivity contribution >= 4 is 17.5 Å². The number of likely N-dealkylation sites (N-methyl/N-ethyl adjacent to an activating group) is 1. The van der Waals surface area contributed by atoms with E-state index in [0.717, 1.165) is 12.8 Å². The van der Waals surface area contributed by atoms with Crippen LogP contribution in [0.15, 0.2) is 18.2 Å². The summed E-state index contributed by atoms with van der Waals surface area (Å²) < 4.78 is 13.3. The molecular formula is C13H16FN3O2. The fraction of sp³-hybridized carbons (Fsp3) is 0.385. The number of nitrogens with two attached hydrogens (primary N) is 1. The fourth-order valence-electron chi connectivity index (χ4n) is 1.72. The van der Waals surface area contributed by atoms with E-state index in [2.05, 4.69) is 5.32 Å². The van der Waals surface area contributed by atoms with Gasteiger partial charge in [0, 0.05) is 13.1 Å². The monoisotopic (exact) mass is 265 g/mol. The van der Waals surface area contributed by atoms with Gasteiger partial charge in [0.1, 0.15) is 5.82 Å². The summed E-state index contributed by atoms with van der Waals surface area (Å²) in [5, 5.41) is 2.78. The molecule has 19 heavy (non-hydrogen) atoms. The number of rotatable bonds is 4. The maximum Gasteiger partial charge on any atom is 0.256 e. The fourth-order valence-corrected chi connectivity index (χ4v) is 1.72. The van der Waals surface area contributed by atoms with Crippen LogP contribution in [0.5, 0.6) is 0 Å². The molecule has 0 radical (unpaired) electrons. The standard InChI is InChI=1S/C13H16FN3O2/c1-17(7-11(18)16-8-5-6-8)13(19)9-3-2-4-10(14)12(9)15/h2-4,8H,5-7,15H2,1H3,(H,16,18). The van der Waals surface area contributed by atoms with E-state index < -0.39 is 11.7 Å². The van der Waals surface area contributed by atoms with Gasteiger partial charge in [-0.05, 0) is 25.0 Å². The summed E-state index contributed by atoms with van der Waals surface area (Å²) in [4.78, 5) is 24.9. The predicted octanol–water partition coefficient (Wildman–Crippen LogP) is 0.758. The van der Waals surface area contributed by atoms with Crippen LogP contribution in [-0.4, -0.2) is 36.3 Å². The van der Waals surface area contributed by atoms with Gasteiger partial charge in [-0.25, -0.2) is 4.39 Å². The van der Waals surface area contributed by atoms with E-state index in [4.69, 9.17) is 5.73 Å². The molecule has 1 aliphatic carbocycles. The SMILES string of the molecule is CN(CC(=O)NC1CC1)C(=O)c1cccc(F)c1N. The van der Waals surface area contributed by atoms with Crippen molar-refractivity contribution in [3.63, 3.8) is 0 Å². The Balaban J connectivity index is 2.01. The van der Waals surface area contributed by atoms with Crippen LogP contribution >= 0.6 is 0 Å². The van der Waals surface area contributed by atoms with E-state index in [-0.39, 0.29) is 29.7 Å². The smallest absolute Gasteiger partial charge is 0.256 e. The molecule has 0 aliphatic heterocycles. The lowest BCUT2D eigenvalue weighted by atomic mass is 10.1. The van der Waals surface area contributed by atoms with Gasteiger partial charge in [-0.15, -0.1) is 0 Å². The number of amides is 2. The van der Waals surface area contributed by atoms with Crippen molar-refractivity contribution < 1.29 is 14.0 Å². The third-order valence-corrected chi connectivity index (χ3v) is 2.95. The maximum absolute atomic E-state index is 13.3. The molecule has 0 heterocycles. The third kappa shape index (κ3) is 3.21. The highest BCUT2D eigenvalue weighted by Gasteiger charge is 2.25. The Morgan fingerprint density at radius 2 is 2.16 bits per heavy atom. The van der Waals surface area contributed by atoms with Crippen LogP contribution in [0, 0.1) is 5.82 Å². The molecule has 1 aromatic rings. The highest BCUT2D eigenvalue weighted by atomic mass is 19.1. The molecule has 0 bridgehead atoms. The zero-order valence-corrected chi connectivity index (χ0v) is 10.6. The summed E-state index contributed by atoms with van der Waals surface area (Å²) in [6, 6.07) is 4.29. The maximum atomic E-state index is 13.3. The molecule has 6 heteroatoms. The third-order valence-electron chi connectivity index (χ3n) is 2.95. The second-order valence-electron chi connectivity index (χ2n) is 4.70. The Bertz CT molecular complexity index is 515. The second-order valence-corrected chi connectivity index (χ2v) is 4.70. The first-order chi connectivity index (χ1) is 8.99. The van der Waals surface area contributed by atoms with E-state index in [1.807, 2.05) is 0 Å². The molecular weight excluding hydrogens is 249 g/mol. The van der Waals surface area contributed by atoms with E-state index in [1.165, 1.54) is 30.1 Å². The zero-order valence-electron chi connectivity index (χ0n) is 10.6. The van der Waals surface area contributed by atoms with Gasteiger partial charge in [0.25, 0.3) is 5.91 Å². The van der Waals surface area contributed by atoms with Gasteiger partial charge in [-0.2, -0.15) is 0 Å². The topological polar surface area (TPSA) is 75.4 Å². The number of para-hydroxylation sites is 1. The van der Waals surface area contributed by atoms with E-state index in [9.17, 15) is 14.0 Å². The number of halogens is 1. The number of carbonyl (C=O) groups is 2. The molecule has 0 spiro atoms. The Morgan fingerprint density at radius 1 is 1.47 bits per heavy atom. The molecule has 1 aliphatic rings. The van der Waals surface area contributed by atoms with Gasteiger partial charge < -0.3 is 16.0 Å². The van der Waals surface area contributed by atoms with Crippen LogP contribution in [0.2, 0.25) is 0 Å². The second kappa shape index (κ2) is 5.26. The molecule has 3 N–H and O–H groups in total. The van der Waals surface area contributed by atoms with Crippen LogP contribution in [0.4, 0.5) is 10.1 Å². The van der Waals surface area contributed by atoms with Gasteiger partial charge in [-0.3, -0.25) is 9.59 Å². The van der Waals surface area contributed by atoms with Gasteiger partial charge in [0.2, 0.25) is 5.91 Å². The van der Waals surface area contributed by atoms with Crippen LogP contribution in [0.25, 0.3) is 0 Å². The van der Waals surface area contributed by atoms with Crippen LogP contribution in [0.1, 0.15) is 23.2 Å². The first-order valence-electron chi connectivity index (χ1n) is 6.08. The molecule has 0 atom stereocenters. The number of anilines is 1. The average molecular weight is 265 g/mol. The van der Waals surface area contributed by atoms with E-state index in [1.54, 1.807) is 0 Å². The van der Waals surface area contributed by atoms with Crippen molar-refractivity contribution in [1.29, 1.82) is 0 Å². The average Bonchev–Trinajstić information content (AvgIpc) is 3.15. The lowest BCUT2D eigenvalue weighted by molar-refractivity contribution is -0.121. The lowest BCUT2D eigenvalue weighted by Gasteiger charge is -2.17. The largest absolute Gasteiger partial charge is 0.396 e. The molecule has 5 nitrogen and oxygen atoms in total. The van der Waals surface area contributed by atoms with Gasteiger partial charge in [0.15, 0.2) is 0 Å². The van der Waals surface area contributed by atoms with Crippen molar-refractivity contribution in [2.24, 2.45) is 0 Å². The molecule has 1 saturated carbocycles.